The van der Waals surface area contributed by atoms with Crippen molar-refractivity contribution in [3.05, 3.63) is 24.6 Å². The van der Waals surface area contributed by atoms with Crippen molar-refractivity contribution in [2.45, 2.75) is 39.8 Å². The van der Waals surface area contributed by atoms with Crippen molar-refractivity contribution in [3.63, 3.8) is 0 Å². The van der Waals surface area contributed by atoms with Crippen LogP contribution in [0.3, 0.4) is 0 Å². The second-order valence-electron chi connectivity index (χ2n) is 2.54. The van der Waals surface area contributed by atoms with Gasteiger partial charge in [0.1, 0.15) is 0 Å². The highest BCUT2D eigenvalue weighted by molar-refractivity contribution is 4.79. The summed E-state index contributed by atoms with van der Waals surface area (Å²) in [5.41, 5.74) is 0. The third kappa shape index (κ3) is 7.19. The summed E-state index contributed by atoms with van der Waals surface area (Å²) >= 11 is 0. The van der Waals surface area contributed by atoms with E-state index in [1.165, 1.54) is 0 Å². The van der Waals surface area contributed by atoms with Gasteiger partial charge in [0.2, 0.25) is 0 Å². The highest BCUT2D eigenvalue weighted by Crippen LogP contribution is 1.89. The van der Waals surface area contributed by atoms with Crippen molar-refractivity contribution < 1.29 is 4.74 Å². The van der Waals surface area contributed by atoms with Gasteiger partial charge in [0.05, 0.1) is 6.26 Å². The van der Waals surface area contributed by atoms with E-state index in [0.29, 0.717) is 0 Å². The van der Waals surface area contributed by atoms with Crippen LogP contribution in [-0.4, -0.2) is 6.23 Å². The van der Waals surface area contributed by atoms with Crippen LogP contribution in [0.2, 0.25) is 0 Å². The molecule has 70 valence electrons. The molecule has 0 aliphatic carbocycles. The van der Waals surface area contributed by atoms with Gasteiger partial charge in [0, 0.05) is 0 Å². The average Bonchev–Trinajstić information content (AvgIpc) is 2.06. The van der Waals surface area contributed by atoms with Crippen molar-refractivity contribution in [3.8, 4) is 0 Å². The van der Waals surface area contributed by atoms with Crippen molar-refractivity contribution in [2.24, 2.45) is 0 Å². The minimum absolute atomic E-state index is 0.0515. The molecule has 0 aromatic heterocycles. The van der Waals surface area contributed by atoms with E-state index >= 15 is 0 Å². The first-order valence-corrected chi connectivity index (χ1v) is 4.52. The highest BCUT2D eigenvalue weighted by atomic mass is 16.5. The lowest BCUT2D eigenvalue weighted by Gasteiger charge is -2.10. The molecule has 0 amide bonds. The number of ether oxygens (including phenoxy) is 1. The molecule has 0 rings (SSSR count). The minimum atomic E-state index is 0.0515. The van der Waals surface area contributed by atoms with Gasteiger partial charge in [-0.3, -0.25) is 0 Å². The molecular formula is C10H19NO. The molecule has 0 radical (unpaired) electrons. The van der Waals surface area contributed by atoms with Gasteiger partial charge in [-0.2, -0.15) is 0 Å². The fourth-order valence-electron chi connectivity index (χ4n) is 0.630. The SMILES string of the molecule is CCC=CNC(C)OC=CCC. The maximum Gasteiger partial charge on any atom is 0.165 e. The number of nitrogens with one attached hydrogen (secondary N) is 1. The van der Waals surface area contributed by atoms with E-state index in [1.807, 2.05) is 19.2 Å². The van der Waals surface area contributed by atoms with E-state index in [2.05, 4.69) is 25.2 Å². The highest BCUT2D eigenvalue weighted by Gasteiger charge is 1.91. The molecule has 1 unspecified atom stereocenters. The summed E-state index contributed by atoms with van der Waals surface area (Å²) in [6.07, 6.45) is 9.81. The smallest absolute Gasteiger partial charge is 0.165 e. The Morgan fingerprint density at radius 2 is 1.92 bits per heavy atom. The second kappa shape index (κ2) is 8.18. The average molecular weight is 169 g/mol. The van der Waals surface area contributed by atoms with Crippen LogP contribution in [-0.2, 0) is 4.74 Å². The molecule has 0 aliphatic heterocycles. The minimum Gasteiger partial charge on any atom is -0.479 e. The summed E-state index contributed by atoms with van der Waals surface area (Å²) < 4.78 is 5.29. The third-order valence-corrected chi connectivity index (χ3v) is 1.30. The number of hydrogen-bond donors (Lipinski definition) is 1. The van der Waals surface area contributed by atoms with Crippen LogP contribution in [0.25, 0.3) is 0 Å². The molecule has 1 atom stereocenters. The summed E-state index contributed by atoms with van der Waals surface area (Å²) in [6.45, 7) is 6.15. The summed E-state index contributed by atoms with van der Waals surface area (Å²) in [7, 11) is 0. The quantitative estimate of drug-likeness (QED) is 0.487. The number of rotatable bonds is 6. The van der Waals surface area contributed by atoms with Crippen LogP contribution >= 0.6 is 0 Å². The monoisotopic (exact) mass is 169 g/mol. The second-order valence-corrected chi connectivity index (χ2v) is 2.54. The lowest BCUT2D eigenvalue weighted by Crippen LogP contribution is -2.21. The normalized spacial score (nSPS) is 13.9. The summed E-state index contributed by atoms with van der Waals surface area (Å²) in [5, 5.41) is 3.09. The molecule has 0 spiro atoms. The zero-order valence-electron chi connectivity index (χ0n) is 8.21. The van der Waals surface area contributed by atoms with Crippen molar-refractivity contribution in [1.82, 2.24) is 5.32 Å². The van der Waals surface area contributed by atoms with Crippen LogP contribution in [0.4, 0.5) is 0 Å². The van der Waals surface area contributed by atoms with Crippen molar-refractivity contribution >= 4 is 0 Å². The molecule has 0 saturated heterocycles. The third-order valence-electron chi connectivity index (χ3n) is 1.30. The van der Waals surface area contributed by atoms with Gasteiger partial charge in [-0.25, -0.2) is 0 Å². The molecular weight excluding hydrogens is 150 g/mol. The molecule has 0 aliphatic rings. The van der Waals surface area contributed by atoms with Gasteiger partial charge in [-0.05, 0) is 26.0 Å². The molecule has 0 fully saturated rings. The Kier molecular flexibility index (Phi) is 7.55. The van der Waals surface area contributed by atoms with Crippen LogP contribution in [0.15, 0.2) is 24.6 Å². The Balaban J connectivity index is 3.39. The van der Waals surface area contributed by atoms with Crippen molar-refractivity contribution in [1.29, 1.82) is 0 Å². The Morgan fingerprint density at radius 3 is 2.50 bits per heavy atom. The number of allylic oxidation sites excluding steroid dienone is 2. The van der Waals surface area contributed by atoms with E-state index < -0.39 is 0 Å². The molecule has 0 aromatic rings. The summed E-state index contributed by atoms with van der Waals surface area (Å²) in [4.78, 5) is 0. The molecule has 0 heterocycles. The zero-order valence-corrected chi connectivity index (χ0v) is 8.21. The van der Waals surface area contributed by atoms with Gasteiger partial charge < -0.3 is 10.1 Å². The predicted molar refractivity (Wildman–Crippen MR) is 52.5 cm³/mol. The van der Waals surface area contributed by atoms with E-state index in [-0.39, 0.29) is 6.23 Å². The fourth-order valence-corrected chi connectivity index (χ4v) is 0.630. The Bertz CT molecular complexity index is 125. The Labute approximate surface area is 75.3 Å². The molecule has 1 N–H and O–H groups in total. The molecule has 0 aromatic carbocycles. The first-order chi connectivity index (χ1) is 5.81. The summed E-state index contributed by atoms with van der Waals surface area (Å²) in [5.74, 6) is 0. The van der Waals surface area contributed by atoms with Gasteiger partial charge >= 0.3 is 0 Å². The topological polar surface area (TPSA) is 21.3 Å². The fraction of sp³-hybridized carbons (Fsp3) is 0.600. The Morgan fingerprint density at radius 1 is 1.25 bits per heavy atom. The van der Waals surface area contributed by atoms with Crippen LogP contribution in [0.1, 0.15) is 33.6 Å². The predicted octanol–water partition coefficient (Wildman–Crippen LogP) is 2.79. The lowest BCUT2D eigenvalue weighted by molar-refractivity contribution is 0.142. The molecule has 0 bridgehead atoms. The molecule has 2 heteroatoms. The van der Waals surface area contributed by atoms with Crippen LogP contribution in [0, 0.1) is 0 Å². The van der Waals surface area contributed by atoms with Gasteiger partial charge in [0.15, 0.2) is 6.23 Å². The summed E-state index contributed by atoms with van der Waals surface area (Å²) in [6, 6.07) is 0. The maximum atomic E-state index is 5.29. The van der Waals surface area contributed by atoms with E-state index in [1.54, 1.807) is 6.26 Å². The van der Waals surface area contributed by atoms with E-state index in [4.69, 9.17) is 4.74 Å². The molecule has 2 nitrogen and oxygen atoms in total. The first-order valence-electron chi connectivity index (χ1n) is 4.52. The Hall–Kier alpha value is -0.920. The van der Waals surface area contributed by atoms with E-state index in [0.717, 1.165) is 12.8 Å². The first kappa shape index (κ1) is 11.1. The molecule has 0 saturated carbocycles. The van der Waals surface area contributed by atoms with Crippen LogP contribution < -0.4 is 5.32 Å². The van der Waals surface area contributed by atoms with Crippen LogP contribution in [0.5, 0.6) is 0 Å². The maximum absolute atomic E-state index is 5.29. The molecule has 12 heavy (non-hydrogen) atoms. The van der Waals surface area contributed by atoms with Gasteiger partial charge in [0.25, 0.3) is 0 Å². The lowest BCUT2D eigenvalue weighted by atomic mass is 10.5. The van der Waals surface area contributed by atoms with Crippen molar-refractivity contribution in [2.75, 3.05) is 0 Å². The van der Waals surface area contributed by atoms with Gasteiger partial charge in [-0.15, -0.1) is 0 Å². The largest absolute Gasteiger partial charge is 0.479 e. The standard InChI is InChI=1S/C10H19NO/c1-4-6-8-11-10(3)12-9-7-5-2/h6-11H,4-5H2,1-3H3. The number of hydrogen-bond acceptors (Lipinski definition) is 2. The van der Waals surface area contributed by atoms with E-state index in [9.17, 15) is 0 Å². The van der Waals surface area contributed by atoms with Gasteiger partial charge in [-0.1, -0.05) is 26.0 Å². The zero-order chi connectivity index (χ0) is 9.23.